The van der Waals surface area contributed by atoms with Crippen LogP contribution in [0.4, 0.5) is 16.5 Å². The first kappa shape index (κ1) is 11.4. The maximum absolute atomic E-state index is 11.7. The van der Waals surface area contributed by atoms with Gasteiger partial charge in [-0.25, -0.2) is 4.98 Å². The molecule has 0 aliphatic carbocycles. The van der Waals surface area contributed by atoms with Crippen LogP contribution < -0.4 is 16.8 Å². The third-order valence-corrected chi connectivity index (χ3v) is 2.87. The molecule has 17 heavy (non-hydrogen) atoms. The standard InChI is InChI=1S/C11H12N4OS/c12-8-3-1-2-4-9(8)15-10(16)5-7-6-17-11(13)14-7/h1-4,6H,5,12H2,(H2,13,14)(H,15,16). The Balaban J connectivity index is 2.01. The minimum absolute atomic E-state index is 0.159. The number of benzene rings is 1. The molecule has 1 amide bonds. The zero-order chi connectivity index (χ0) is 12.3. The number of rotatable bonds is 3. The third kappa shape index (κ3) is 2.94. The van der Waals surface area contributed by atoms with Crippen molar-refractivity contribution in [2.45, 2.75) is 6.42 Å². The molecule has 2 aromatic rings. The molecule has 0 saturated carbocycles. The van der Waals surface area contributed by atoms with Gasteiger partial charge in [-0.15, -0.1) is 11.3 Å². The van der Waals surface area contributed by atoms with Gasteiger partial charge in [-0.2, -0.15) is 0 Å². The quantitative estimate of drug-likeness (QED) is 0.717. The lowest BCUT2D eigenvalue weighted by Gasteiger charge is -2.06. The van der Waals surface area contributed by atoms with Crippen molar-refractivity contribution < 1.29 is 4.79 Å². The van der Waals surface area contributed by atoms with Crippen LogP contribution in [-0.2, 0) is 11.2 Å². The number of thiazole rings is 1. The van der Waals surface area contributed by atoms with E-state index in [1.807, 2.05) is 12.1 Å². The Morgan fingerprint density at radius 2 is 2.12 bits per heavy atom. The molecule has 5 N–H and O–H groups in total. The number of nitrogens with zero attached hydrogens (tertiary/aromatic N) is 1. The molecule has 2 rings (SSSR count). The average Bonchev–Trinajstić information content (AvgIpc) is 2.67. The van der Waals surface area contributed by atoms with Crippen LogP contribution in [0.3, 0.4) is 0 Å². The molecule has 0 bridgehead atoms. The summed E-state index contributed by atoms with van der Waals surface area (Å²) in [7, 11) is 0. The van der Waals surface area contributed by atoms with Gasteiger partial charge in [0.1, 0.15) is 0 Å². The van der Waals surface area contributed by atoms with Crippen LogP contribution in [0.25, 0.3) is 0 Å². The molecule has 0 unspecified atom stereocenters. The molecule has 1 aromatic heterocycles. The molecular formula is C11H12N4OS. The largest absolute Gasteiger partial charge is 0.397 e. The topological polar surface area (TPSA) is 94.0 Å². The molecule has 5 nitrogen and oxygen atoms in total. The Bertz CT molecular complexity index is 538. The smallest absolute Gasteiger partial charge is 0.230 e. The van der Waals surface area contributed by atoms with Crippen molar-refractivity contribution in [3.8, 4) is 0 Å². The van der Waals surface area contributed by atoms with Gasteiger partial charge < -0.3 is 16.8 Å². The zero-order valence-corrected chi connectivity index (χ0v) is 9.83. The number of nitrogens with two attached hydrogens (primary N) is 2. The van der Waals surface area contributed by atoms with Gasteiger partial charge in [0.2, 0.25) is 5.91 Å². The number of hydrogen-bond acceptors (Lipinski definition) is 5. The lowest BCUT2D eigenvalue weighted by molar-refractivity contribution is -0.115. The molecule has 1 heterocycles. The Morgan fingerprint density at radius 1 is 1.35 bits per heavy atom. The van der Waals surface area contributed by atoms with Crippen molar-refractivity contribution in [1.82, 2.24) is 4.98 Å². The van der Waals surface area contributed by atoms with Crippen LogP contribution in [0.1, 0.15) is 5.69 Å². The summed E-state index contributed by atoms with van der Waals surface area (Å²) in [5, 5.41) is 4.96. The van der Waals surface area contributed by atoms with Crippen molar-refractivity contribution in [3.63, 3.8) is 0 Å². The Morgan fingerprint density at radius 3 is 2.76 bits per heavy atom. The molecule has 1 aromatic carbocycles. The molecule has 88 valence electrons. The SMILES string of the molecule is Nc1nc(CC(=O)Nc2ccccc2N)cs1. The predicted molar refractivity (Wildman–Crippen MR) is 69.7 cm³/mol. The number of nitrogen functional groups attached to an aromatic ring is 2. The van der Waals surface area contributed by atoms with E-state index in [1.165, 1.54) is 11.3 Å². The first-order valence-electron chi connectivity index (χ1n) is 4.99. The Hall–Kier alpha value is -2.08. The van der Waals surface area contributed by atoms with Gasteiger partial charge in [0, 0.05) is 5.38 Å². The van der Waals surface area contributed by atoms with Crippen molar-refractivity contribution in [2.24, 2.45) is 0 Å². The zero-order valence-electron chi connectivity index (χ0n) is 9.01. The second-order valence-electron chi connectivity index (χ2n) is 3.49. The molecule has 0 radical (unpaired) electrons. The van der Waals surface area contributed by atoms with Crippen molar-refractivity contribution in [1.29, 1.82) is 0 Å². The van der Waals surface area contributed by atoms with Crippen LogP contribution in [0.5, 0.6) is 0 Å². The number of anilines is 3. The van der Waals surface area contributed by atoms with Gasteiger partial charge in [-0.05, 0) is 12.1 Å². The summed E-state index contributed by atoms with van der Waals surface area (Å²) < 4.78 is 0. The van der Waals surface area contributed by atoms with Crippen LogP contribution in [0.15, 0.2) is 29.6 Å². The monoisotopic (exact) mass is 248 g/mol. The van der Waals surface area contributed by atoms with Crippen molar-refractivity contribution >= 4 is 33.8 Å². The van der Waals surface area contributed by atoms with Crippen molar-refractivity contribution in [3.05, 3.63) is 35.3 Å². The summed E-state index contributed by atoms with van der Waals surface area (Å²) in [5.41, 5.74) is 13.0. The Kier molecular flexibility index (Phi) is 3.24. The number of carbonyl (C=O) groups is 1. The summed E-state index contributed by atoms with van der Waals surface area (Å²) in [4.78, 5) is 15.7. The fourth-order valence-electron chi connectivity index (χ4n) is 1.37. The maximum Gasteiger partial charge on any atom is 0.230 e. The molecule has 0 fully saturated rings. The van der Waals surface area contributed by atoms with E-state index in [1.54, 1.807) is 17.5 Å². The number of hydrogen-bond donors (Lipinski definition) is 3. The highest BCUT2D eigenvalue weighted by molar-refractivity contribution is 7.13. The van der Waals surface area contributed by atoms with Gasteiger partial charge in [0.15, 0.2) is 5.13 Å². The molecule has 0 aliphatic heterocycles. The minimum Gasteiger partial charge on any atom is -0.397 e. The van der Waals surface area contributed by atoms with E-state index < -0.39 is 0 Å². The minimum atomic E-state index is -0.159. The van der Waals surface area contributed by atoms with Crippen LogP contribution in [0, 0.1) is 0 Å². The fourth-order valence-corrected chi connectivity index (χ4v) is 1.94. The fraction of sp³-hybridized carbons (Fsp3) is 0.0909. The van der Waals surface area contributed by atoms with Gasteiger partial charge in [-0.3, -0.25) is 4.79 Å². The highest BCUT2D eigenvalue weighted by Gasteiger charge is 2.08. The summed E-state index contributed by atoms with van der Waals surface area (Å²) in [5.74, 6) is -0.159. The normalized spacial score (nSPS) is 10.1. The molecule has 0 aliphatic rings. The molecule has 6 heteroatoms. The third-order valence-electron chi connectivity index (χ3n) is 2.15. The highest BCUT2D eigenvalue weighted by atomic mass is 32.1. The molecule has 0 spiro atoms. The number of aromatic nitrogens is 1. The first-order chi connectivity index (χ1) is 8.15. The van der Waals surface area contributed by atoms with Gasteiger partial charge in [-0.1, -0.05) is 12.1 Å². The van der Waals surface area contributed by atoms with Crippen molar-refractivity contribution in [2.75, 3.05) is 16.8 Å². The lowest BCUT2D eigenvalue weighted by Crippen LogP contribution is -2.15. The first-order valence-corrected chi connectivity index (χ1v) is 5.87. The van der Waals surface area contributed by atoms with Crippen LogP contribution in [-0.4, -0.2) is 10.9 Å². The van der Waals surface area contributed by atoms with Gasteiger partial charge >= 0.3 is 0 Å². The predicted octanol–water partition coefficient (Wildman–Crippen LogP) is 1.49. The second-order valence-corrected chi connectivity index (χ2v) is 4.38. The van der Waals surface area contributed by atoms with E-state index in [2.05, 4.69) is 10.3 Å². The number of nitrogens with one attached hydrogen (secondary N) is 1. The maximum atomic E-state index is 11.7. The van der Waals surface area contributed by atoms with E-state index in [0.29, 0.717) is 22.2 Å². The second kappa shape index (κ2) is 4.84. The van der Waals surface area contributed by atoms with E-state index in [4.69, 9.17) is 11.5 Å². The molecular weight excluding hydrogens is 236 g/mol. The number of amides is 1. The molecule has 0 saturated heterocycles. The van der Waals surface area contributed by atoms with Crippen LogP contribution in [0.2, 0.25) is 0 Å². The van der Waals surface area contributed by atoms with Gasteiger partial charge in [0.05, 0.1) is 23.5 Å². The van der Waals surface area contributed by atoms with E-state index in [9.17, 15) is 4.79 Å². The highest BCUT2D eigenvalue weighted by Crippen LogP contribution is 2.17. The van der Waals surface area contributed by atoms with E-state index >= 15 is 0 Å². The summed E-state index contributed by atoms with van der Waals surface area (Å²) in [6, 6.07) is 7.11. The van der Waals surface area contributed by atoms with Crippen LogP contribution >= 0.6 is 11.3 Å². The van der Waals surface area contributed by atoms with E-state index in [-0.39, 0.29) is 12.3 Å². The average molecular weight is 248 g/mol. The number of para-hydroxylation sites is 2. The summed E-state index contributed by atoms with van der Waals surface area (Å²) in [6.07, 6.45) is 0.196. The summed E-state index contributed by atoms with van der Waals surface area (Å²) >= 11 is 1.32. The molecule has 0 atom stereocenters. The Labute approximate surface area is 102 Å². The number of carbonyl (C=O) groups excluding carboxylic acids is 1. The lowest BCUT2D eigenvalue weighted by atomic mass is 10.2. The van der Waals surface area contributed by atoms with Gasteiger partial charge in [0.25, 0.3) is 0 Å². The van der Waals surface area contributed by atoms with E-state index in [0.717, 1.165) is 0 Å². The summed E-state index contributed by atoms with van der Waals surface area (Å²) in [6.45, 7) is 0.